The first-order valence-corrected chi connectivity index (χ1v) is 15.7. The van der Waals surface area contributed by atoms with Crippen LogP contribution in [-0.4, -0.2) is 39.3 Å². The SMILES string of the molecule is C[C@@H](CO[Si](c1ccccc1)(c1ccccc1)C(C)(C)C)[C@H](COCc1ccccc1)NC(=O)OC(C)(C)C. The van der Waals surface area contributed by atoms with Gasteiger partial charge in [0.2, 0.25) is 0 Å². The Kier molecular flexibility index (Phi) is 10.5. The van der Waals surface area contributed by atoms with Crippen LogP contribution >= 0.6 is 0 Å². The van der Waals surface area contributed by atoms with Crippen LogP contribution in [0.3, 0.4) is 0 Å². The molecule has 6 heteroatoms. The number of carbonyl (C=O) groups is 1. The third kappa shape index (κ3) is 8.52. The van der Waals surface area contributed by atoms with E-state index in [1.54, 1.807) is 0 Å². The van der Waals surface area contributed by atoms with E-state index in [0.717, 1.165) is 5.56 Å². The zero-order chi connectivity index (χ0) is 28.5. The fraction of sp³-hybridized carbons (Fsp3) is 0.424. The summed E-state index contributed by atoms with van der Waals surface area (Å²) in [5.74, 6) is -0.0325. The Morgan fingerprint density at radius 2 is 1.26 bits per heavy atom. The molecule has 0 aliphatic carbocycles. The van der Waals surface area contributed by atoms with Crippen molar-refractivity contribution in [2.45, 2.75) is 71.8 Å². The van der Waals surface area contributed by atoms with Crippen LogP contribution in [0.25, 0.3) is 0 Å². The van der Waals surface area contributed by atoms with Crippen LogP contribution in [0.15, 0.2) is 91.0 Å². The minimum atomic E-state index is -2.70. The summed E-state index contributed by atoms with van der Waals surface area (Å²) in [5, 5.41) is 5.39. The standard InChI is InChI=1S/C33H45NO4Si/c1-26(30(34-31(35)38-32(2,3)4)25-36-24-27-17-11-8-12-18-27)23-37-39(33(5,6)7,28-19-13-9-14-20-28)29-21-15-10-16-22-29/h8-22,26,30H,23-25H2,1-7H3,(H,34,35)/t26-,30-/m0/s1. The van der Waals surface area contributed by atoms with Crippen molar-refractivity contribution in [1.82, 2.24) is 5.32 Å². The molecule has 0 spiro atoms. The fourth-order valence-electron chi connectivity index (χ4n) is 4.82. The highest BCUT2D eigenvalue weighted by Gasteiger charge is 2.50. The number of ether oxygens (including phenoxy) is 2. The molecule has 2 atom stereocenters. The lowest BCUT2D eigenvalue weighted by Gasteiger charge is -2.44. The van der Waals surface area contributed by atoms with Crippen molar-refractivity contribution in [3.8, 4) is 0 Å². The summed E-state index contributed by atoms with van der Waals surface area (Å²) in [4.78, 5) is 12.8. The second kappa shape index (κ2) is 13.4. The van der Waals surface area contributed by atoms with Crippen LogP contribution in [0.2, 0.25) is 5.04 Å². The van der Waals surface area contributed by atoms with E-state index in [1.165, 1.54) is 10.4 Å². The van der Waals surface area contributed by atoms with Crippen molar-refractivity contribution in [3.63, 3.8) is 0 Å². The zero-order valence-corrected chi connectivity index (χ0v) is 25.6. The fourth-order valence-corrected chi connectivity index (χ4v) is 9.49. The Labute approximate surface area is 236 Å². The van der Waals surface area contributed by atoms with Crippen LogP contribution in [0.1, 0.15) is 54.0 Å². The Bertz CT molecular complexity index is 1100. The van der Waals surface area contributed by atoms with Crippen LogP contribution < -0.4 is 15.7 Å². The molecular formula is C33H45NO4Si. The molecule has 0 saturated heterocycles. The molecule has 3 aromatic carbocycles. The molecule has 5 nitrogen and oxygen atoms in total. The Balaban J connectivity index is 1.86. The second-order valence-corrected chi connectivity index (χ2v) is 16.5. The summed E-state index contributed by atoms with van der Waals surface area (Å²) in [6.07, 6.45) is -0.451. The Hall–Kier alpha value is -2.93. The lowest BCUT2D eigenvalue weighted by Crippen LogP contribution is -2.67. The number of rotatable bonds is 11. The minimum Gasteiger partial charge on any atom is -0.444 e. The number of nitrogens with one attached hydrogen (secondary N) is 1. The summed E-state index contributed by atoms with van der Waals surface area (Å²) >= 11 is 0. The highest BCUT2D eigenvalue weighted by atomic mass is 28.4. The van der Waals surface area contributed by atoms with Crippen LogP contribution in [0, 0.1) is 5.92 Å². The van der Waals surface area contributed by atoms with Crippen molar-refractivity contribution in [1.29, 1.82) is 0 Å². The van der Waals surface area contributed by atoms with Crippen molar-refractivity contribution < 1.29 is 18.7 Å². The van der Waals surface area contributed by atoms with E-state index < -0.39 is 20.0 Å². The van der Waals surface area contributed by atoms with E-state index in [1.807, 2.05) is 63.2 Å². The highest BCUT2D eigenvalue weighted by molar-refractivity contribution is 6.99. The molecule has 1 amide bonds. The largest absolute Gasteiger partial charge is 0.444 e. The summed E-state index contributed by atoms with van der Waals surface area (Å²) in [5.41, 5.74) is 0.499. The van der Waals surface area contributed by atoms with Crippen LogP contribution in [0.5, 0.6) is 0 Å². The lowest BCUT2D eigenvalue weighted by atomic mass is 10.0. The normalized spacial score (nSPS) is 13.9. The van der Waals surface area contributed by atoms with Crippen molar-refractivity contribution in [3.05, 3.63) is 96.6 Å². The molecule has 0 heterocycles. The predicted molar refractivity (Wildman–Crippen MR) is 162 cm³/mol. The maximum atomic E-state index is 12.8. The van der Waals surface area contributed by atoms with Crippen molar-refractivity contribution in [2.75, 3.05) is 13.2 Å². The number of alkyl carbamates (subject to hydrolysis) is 1. The molecule has 0 saturated carbocycles. The van der Waals surface area contributed by atoms with Gasteiger partial charge in [0.15, 0.2) is 0 Å². The van der Waals surface area contributed by atoms with Crippen LogP contribution in [0.4, 0.5) is 4.79 Å². The van der Waals surface area contributed by atoms with Gasteiger partial charge in [0.1, 0.15) is 5.60 Å². The van der Waals surface area contributed by atoms with Crippen LogP contribution in [-0.2, 0) is 20.5 Å². The molecule has 0 fully saturated rings. The van der Waals surface area contributed by atoms with E-state index >= 15 is 0 Å². The van der Waals surface area contributed by atoms with Crippen molar-refractivity contribution in [2.24, 2.45) is 5.92 Å². The number of carbonyl (C=O) groups excluding carboxylic acids is 1. The minimum absolute atomic E-state index is 0.0325. The van der Waals surface area contributed by atoms with Crippen molar-refractivity contribution >= 4 is 24.8 Å². The third-order valence-electron chi connectivity index (χ3n) is 6.78. The van der Waals surface area contributed by atoms with E-state index in [2.05, 4.69) is 81.5 Å². The molecule has 3 rings (SSSR count). The lowest BCUT2D eigenvalue weighted by molar-refractivity contribution is 0.0346. The maximum absolute atomic E-state index is 12.8. The molecule has 0 aliphatic heterocycles. The molecule has 0 aromatic heterocycles. The smallest absolute Gasteiger partial charge is 0.407 e. The van der Waals surface area contributed by atoms with Gasteiger partial charge in [-0.05, 0) is 41.7 Å². The first-order chi connectivity index (χ1) is 18.4. The highest BCUT2D eigenvalue weighted by Crippen LogP contribution is 2.37. The molecular weight excluding hydrogens is 502 g/mol. The van der Waals surface area contributed by atoms with Gasteiger partial charge in [-0.25, -0.2) is 4.79 Å². The zero-order valence-electron chi connectivity index (χ0n) is 24.6. The molecule has 0 bridgehead atoms. The third-order valence-corrected chi connectivity index (χ3v) is 11.8. The van der Waals surface area contributed by atoms with Gasteiger partial charge < -0.3 is 19.2 Å². The average Bonchev–Trinajstić information content (AvgIpc) is 2.88. The first kappa shape index (κ1) is 30.6. The van der Waals surface area contributed by atoms with Gasteiger partial charge in [0.25, 0.3) is 8.32 Å². The van der Waals surface area contributed by atoms with E-state index in [4.69, 9.17) is 13.9 Å². The van der Waals surface area contributed by atoms with Gasteiger partial charge in [0.05, 0.1) is 19.3 Å². The topological polar surface area (TPSA) is 56.8 Å². The van der Waals surface area contributed by atoms with E-state index in [9.17, 15) is 4.79 Å². The molecule has 0 unspecified atom stereocenters. The number of hydrogen-bond donors (Lipinski definition) is 1. The average molecular weight is 548 g/mol. The summed E-state index contributed by atoms with van der Waals surface area (Å²) < 4.78 is 18.8. The first-order valence-electron chi connectivity index (χ1n) is 13.8. The summed E-state index contributed by atoms with van der Waals surface area (Å²) in [6.45, 7) is 15.8. The molecule has 0 radical (unpaired) electrons. The van der Waals surface area contributed by atoms with Gasteiger partial charge in [0, 0.05) is 12.5 Å². The summed E-state index contributed by atoms with van der Waals surface area (Å²) in [7, 11) is -2.70. The molecule has 39 heavy (non-hydrogen) atoms. The summed E-state index contributed by atoms with van der Waals surface area (Å²) in [6, 6.07) is 30.9. The van der Waals surface area contributed by atoms with Gasteiger partial charge in [-0.15, -0.1) is 0 Å². The van der Waals surface area contributed by atoms with E-state index in [-0.39, 0.29) is 17.0 Å². The monoisotopic (exact) mass is 547 g/mol. The quantitative estimate of drug-likeness (QED) is 0.286. The number of benzene rings is 3. The Morgan fingerprint density at radius 3 is 1.72 bits per heavy atom. The second-order valence-electron chi connectivity index (χ2n) is 12.2. The molecule has 3 aromatic rings. The number of amides is 1. The van der Waals surface area contributed by atoms with Gasteiger partial charge in [-0.3, -0.25) is 0 Å². The molecule has 0 aliphatic rings. The number of hydrogen-bond acceptors (Lipinski definition) is 4. The maximum Gasteiger partial charge on any atom is 0.407 e. The van der Waals surface area contributed by atoms with Gasteiger partial charge in [-0.2, -0.15) is 0 Å². The van der Waals surface area contributed by atoms with Gasteiger partial charge >= 0.3 is 6.09 Å². The molecule has 1 N–H and O–H groups in total. The predicted octanol–water partition coefficient (Wildman–Crippen LogP) is 6.31. The molecule has 210 valence electrons. The van der Waals surface area contributed by atoms with Gasteiger partial charge in [-0.1, -0.05) is 119 Å². The van der Waals surface area contributed by atoms with E-state index in [0.29, 0.717) is 19.8 Å². The Morgan fingerprint density at radius 1 is 0.769 bits per heavy atom.